The molecule has 0 saturated heterocycles. The Bertz CT molecular complexity index is 427. The molecule has 110 valence electrons. The number of nitrogens with two attached hydrogens (primary N) is 1. The van der Waals surface area contributed by atoms with E-state index in [9.17, 15) is 9.90 Å². The van der Waals surface area contributed by atoms with E-state index in [0.717, 1.165) is 24.8 Å². The minimum atomic E-state index is -1.01. The van der Waals surface area contributed by atoms with Gasteiger partial charge in [-0.2, -0.15) is 0 Å². The van der Waals surface area contributed by atoms with Crippen LogP contribution in [0.15, 0.2) is 30.3 Å². The highest BCUT2D eigenvalue weighted by molar-refractivity contribution is 5.77. The van der Waals surface area contributed by atoms with E-state index in [-0.39, 0.29) is 6.04 Å². The van der Waals surface area contributed by atoms with E-state index in [4.69, 9.17) is 10.5 Å². The third kappa shape index (κ3) is 3.81. The molecule has 4 nitrogen and oxygen atoms in total. The van der Waals surface area contributed by atoms with Crippen LogP contribution in [-0.4, -0.2) is 29.3 Å². The van der Waals surface area contributed by atoms with Gasteiger partial charge in [0, 0.05) is 6.04 Å². The molecule has 1 fully saturated rings. The minimum Gasteiger partial charge on any atom is -0.479 e. The number of ether oxygens (including phenoxy) is 1. The van der Waals surface area contributed by atoms with Gasteiger partial charge in [0.05, 0.1) is 6.61 Å². The minimum absolute atomic E-state index is 0.171. The Hall–Kier alpha value is -1.39. The van der Waals surface area contributed by atoms with Crippen LogP contribution in [0.4, 0.5) is 0 Å². The third-order valence-corrected chi connectivity index (χ3v) is 3.97. The Morgan fingerprint density at radius 1 is 1.25 bits per heavy atom. The molecule has 1 aromatic carbocycles. The molecule has 3 N–H and O–H groups in total. The van der Waals surface area contributed by atoms with Crippen LogP contribution in [0.2, 0.25) is 0 Å². The van der Waals surface area contributed by atoms with Crippen LogP contribution in [0.5, 0.6) is 0 Å². The molecule has 1 aliphatic carbocycles. The molecule has 20 heavy (non-hydrogen) atoms. The number of hydrogen-bond acceptors (Lipinski definition) is 3. The Kier molecular flexibility index (Phi) is 5.15. The lowest BCUT2D eigenvalue weighted by Crippen LogP contribution is -2.46. The number of carboxylic acids is 1. The van der Waals surface area contributed by atoms with E-state index in [1.54, 1.807) is 0 Å². The Balaban J connectivity index is 1.87. The average Bonchev–Trinajstić information content (AvgIpc) is 2.47. The van der Waals surface area contributed by atoms with Crippen molar-refractivity contribution in [1.29, 1.82) is 0 Å². The van der Waals surface area contributed by atoms with Gasteiger partial charge in [-0.3, -0.25) is 0 Å². The molecular weight excluding hydrogens is 254 g/mol. The summed E-state index contributed by atoms with van der Waals surface area (Å²) in [5.74, 6) is -0.843. The summed E-state index contributed by atoms with van der Waals surface area (Å²) in [6, 6.07) is 9.79. The van der Waals surface area contributed by atoms with Crippen molar-refractivity contribution in [2.75, 3.05) is 6.61 Å². The zero-order valence-corrected chi connectivity index (χ0v) is 11.8. The second kappa shape index (κ2) is 6.86. The molecule has 0 radical (unpaired) electrons. The summed E-state index contributed by atoms with van der Waals surface area (Å²) in [6.07, 6.45) is 4.83. The van der Waals surface area contributed by atoms with Gasteiger partial charge in [0.2, 0.25) is 0 Å². The lowest BCUT2D eigenvalue weighted by atomic mass is 9.84. The maximum absolute atomic E-state index is 11.5. The standard InChI is InChI=1S/C16H23NO3/c17-14(11-13-7-3-1-4-8-13)12-20-16(15(18)19)9-5-2-6-10-16/h1,3-4,7-8,14H,2,5-6,9-12,17H2,(H,18,19)/t14-/m0/s1. The second-order valence-corrected chi connectivity index (χ2v) is 5.62. The quantitative estimate of drug-likeness (QED) is 0.837. The van der Waals surface area contributed by atoms with Gasteiger partial charge in [0.1, 0.15) is 0 Å². The largest absolute Gasteiger partial charge is 0.479 e. The highest BCUT2D eigenvalue weighted by atomic mass is 16.5. The fourth-order valence-corrected chi connectivity index (χ4v) is 2.79. The van der Waals surface area contributed by atoms with Crippen LogP contribution in [-0.2, 0) is 16.0 Å². The van der Waals surface area contributed by atoms with E-state index in [0.29, 0.717) is 25.9 Å². The van der Waals surface area contributed by atoms with Crippen molar-refractivity contribution in [2.45, 2.75) is 50.2 Å². The molecule has 0 amide bonds. The smallest absolute Gasteiger partial charge is 0.335 e. The van der Waals surface area contributed by atoms with Crippen LogP contribution in [0.25, 0.3) is 0 Å². The van der Waals surface area contributed by atoms with Crippen LogP contribution in [0.1, 0.15) is 37.7 Å². The van der Waals surface area contributed by atoms with Gasteiger partial charge in [0.25, 0.3) is 0 Å². The number of carboxylic acid groups (broad SMARTS) is 1. The Morgan fingerprint density at radius 2 is 1.90 bits per heavy atom. The van der Waals surface area contributed by atoms with E-state index >= 15 is 0 Å². The van der Waals surface area contributed by atoms with Gasteiger partial charge in [-0.1, -0.05) is 36.8 Å². The van der Waals surface area contributed by atoms with Crippen LogP contribution in [0, 0.1) is 0 Å². The first-order valence-electron chi connectivity index (χ1n) is 7.29. The average molecular weight is 277 g/mol. The molecule has 0 unspecified atom stereocenters. The molecule has 0 aromatic heterocycles. The highest BCUT2D eigenvalue weighted by Gasteiger charge is 2.40. The first kappa shape index (κ1) is 15.0. The van der Waals surface area contributed by atoms with Crippen molar-refractivity contribution in [3.8, 4) is 0 Å². The lowest BCUT2D eigenvalue weighted by Gasteiger charge is -2.34. The summed E-state index contributed by atoms with van der Waals surface area (Å²) < 4.78 is 5.74. The first-order valence-corrected chi connectivity index (χ1v) is 7.29. The summed E-state index contributed by atoms with van der Waals surface area (Å²) in [4.78, 5) is 11.5. The van der Waals surface area contributed by atoms with E-state index < -0.39 is 11.6 Å². The summed E-state index contributed by atoms with van der Waals surface area (Å²) in [5, 5.41) is 9.43. The molecule has 0 heterocycles. The molecule has 2 rings (SSSR count). The second-order valence-electron chi connectivity index (χ2n) is 5.62. The zero-order chi connectivity index (χ0) is 14.4. The summed E-state index contributed by atoms with van der Waals surface area (Å²) >= 11 is 0. The van der Waals surface area contributed by atoms with E-state index in [1.165, 1.54) is 0 Å². The fraction of sp³-hybridized carbons (Fsp3) is 0.562. The maximum Gasteiger partial charge on any atom is 0.335 e. The van der Waals surface area contributed by atoms with Crippen molar-refractivity contribution < 1.29 is 14.6 Å². The van der Waals surface area contributed by atoms with Gasteiger partial charge in [-0.25, -0.2) is 4.79 Å². The highest BCUT2D eigenvalue weighted by Crippen LogP contribution is 2.32. The molecule has 1 aromatic rings. The van der Waals surface area contributed by atoms with Gasteiger partial charge in [-0.15, -0.1) is 0 Å². The molecule has 0 spiro atoms. The summed E-state index contributed by atoms with van der Waals surface area (Å²) in [7, 11) is 0. The molecule has 0 aliphatic heterocycles. The number of hydrogen-bond donors (Lipinski definition) is 2. The molecule has 0 bridgehead atoms. The Labute approximate surface area is 119 Å². The molecule has 1 aliphatic rings. The van der Waals surface area contributed by atoms with Crippen molar-refractivity contribution in [2.24, 2.45) is 5.73 Å². The van der Waals surface area contributed by atoms with Crippen molar-refractivity contribution in [3.63, 3.8) is 0 Å². The predicted octanol–water partition coefficient (Wildman–Crippen LogP) is 2.36. The lowest BCUT2D eigenvalue weighted by molar-refractivity contribution is -0.171. The number of benzene rings is 1. The number of rotatable bonds is 6. The number of carbonyl (C=O) groups is 1. The molecular formula is C16H23NO3. The fourth-order valence-electron chi connectivity index (χ4n) is 2.79. The first-order chi connectivity index (χ1) is 9.62. The van der Waals surface area contributed by atoms with Gasteiger partial charge in [-0.05, 0) is 37.7 Å². The monoisotopic (exact) mass is 277 g/mol. The topological polar surface area (TPSA) is 72.5 Å². The number of aliphatic carboxylic acids is 1. The van der Waals surface area contributed by atoms with Crippen molar-refractivity contribution >= 4 is 5.97 Å². The van der Waals surface area contributed by atoms with E-state index in [1.807, 2.05) is 30.3 Å². The normalized spacial score (nSPS) is 19.4. The SMILES string of the molecule is N[C@H](COC1(C(=O)O)CCCCC1)Cc1ccccc1. The van der Waals surface area contributed by atoms with Crippen molar-refractivity contribution in [1.82, 2.24) is 0 Å². The van der Waals surface area contributed by atoms with E-state index in [2.05, 4.69) is 0 Å². The van der Waals surface area contributed by atoms with Gasteiger partial charge < -0.3 is 15.6 Å². The van der Waals surface area contributed by atoms with Crippen LogP contribution >= 0.6 is 0 Å². The van der Waals surface area contributed by atoms with Crippen molar-refractivity contribution in [3.05, 3.63) is 35.9 Å². The summed E-state index contributed by atoms with van der Waals surface area (Å²) in [6.45, 7) is 0.293. The Morgan fingerprint density at radius 3 is 2.50 bits per heavy atom. The maximum atomic E-state index is 11.5. The summed E-state index contributed by atoms with van der Waals surface area (Å²) in [5.41, 5.74) is 6.21. The van der Waals surface area contributed by atoms with Gasteiger partial charge in [0.15, 0.2) is 5.60 Å². The molecule has 4 heteroatoms. The third-order valence-electron chi connectivity index (χ3n) is 3.97. The molecule has 1 atom stereocenters. The predicted molar refractivity (Wildman–Crippen MR) is 77.5 cm³/mol. The van der Waals surface area contributed by atoms with Crippen LogP contribution in [0.3, 0.4) is 0 Å². The van der Waals surface area contributed by atoms with Crippen LogP contribution < -0.4 is 5.73 Å². The van der Waals surface area contributed by atoms with Gasteiger partial charge >= 0.3 is 5.97 Å². The zero-order valence-electron chi connectivity index (χ0n) is 11.8. The molecule has 1 saturated carbocycles.